The Balaban J connectivity index is 1.87. The van der Waals surface area contributed by atoms with Crippen LogP contribution in [0.25, 0.3) is 0 Å². The van der Waals surface area contributed by atoms with Crippen molar-refractivity contribution >= 4 is 100 Å². The van der Waals surface area contributed by atoms with E-state index in [2.05, 4.69) is 107 Å². The van der Waals surface area contributed by atoms with Gasteiger partial charge in [0.1, 0.15) is 0 Å². The normalized spacial score (nSPS) is 14.7. The Bertz CT molecular complexity index is 1010. The van der Waals surface area contributed by atoms with Gasteiger partial charge in [-0.3, -0.25) is 0 Å². The van der Waals surface area contributed by atoms with Crippen molar-refractivity contribution in [3.8, 4) is 0 Å². The van der Waals surface area contributed by atoms with E-state index in [4.69, 9.17) is 4.99 Å². The molecule has 0 spiro atoms. The number of aliphatic imine (C=N–C) groups is 1. The molecule has 0 fully saturated rings. The summed E-state index contributed by atoms with van der Waals surface area (Å²) in [5, 5.41) is 0. The molecule has 2 aromatic rings. The number of allylic oxidation sites excluding steroid dienone is 2. The fourth-order valence-corrected chi connectivity index (χ4v) is 8.18. The molecule has 0 N–H and O–H groups in total. The van der Waals surface area contributed by atoms with Gasteiger partial charge in [0.15, 0.2) is 0 Å². The monoisotopic (exact) mass is 680 g/mol. The molecule has 0 amide bonds. The zero-order valence-corrected chi connectivity index (χ0v) is 22.8. The first-order valence-corrected chi connectivity index (χ1v) is 13.6. The number of halogens is 4. The molecule has 0 unspecified atom stereocenters. The second-order valence-electron chi connectivity index (χ2n) is 6.27. The van der Waals surface area contributed by atoms with E-state index in [1.807, 2.05) is 0 Å². The Hall–Kier alpha value is 0.0895. The number of nitrogens with zero attached hydrogens (tertiary/aromatic N) is 2. The third kappa shape index (κ3) is 3.47. The van der Waals surface area contributed by atoms with Gasteiger partial charge < -0.3 is 0 Å². The fraction of sp³-hybridized carbons (Fsp3) is 0.250. The van der Waals surface area contributed by atoms with Crippen LogP contribution in [0.2, 0.25) is 0 Å². The van der Waals surface area contributed by atoms with Crippen molar-refractivity contribution in [3.05, 3.63) is 57.8 Å². The van der Waals surface area contributed by atoms with Crippen LogP contribution in [0.5, 0.6) is 0 Å². The van der Waals surface area contributed by atoms with Gasteiger partial charge in [0, 0.05) is 0 Å². The van der Waals surface area contributed by atoms with Crippen molar-refractivity contribution < 1.29 is 0 Å². The molecule has 0 saturated heterocycles. The molecule has 0 aromatic heterocycles. The van der Waals surface area contributed by atoms with E-state index in [1.165, 1.54) is 25.7 Å². The van der Waals surface area contributed by atoms with Crippen molar-refractivity contribution in [2.24, 2.45) is 4.99 Å². The van der Waals surface area contributed by atoms with E-state index in [0.717, 1.165) is 48.8 Å². The number of benzene rings is 2. The SMILES string of the molecule is CCN(CC)c1ccc2c(c1)[Se]C1=CCc3c(Br)c(Br)c(Br)c(Br)c3C1=N2. The van der Waals surface area contributed by atoms with Crippen molar-refractivity contribution in [1.82, 2.24) is 0 Å². The van der Waals surface area contributed by atoms with Crippen LogP contribution in [0.1, 0.15) is 25.0 Å². The van der Waals surface area contributed by atoms with Gasteiger partial charge in [-0.2, -0.15) is 0 Å². The summed E-state index contributed by atoms with van der Waals surface area (Å²) < 4.78 is 6.97. The van der Waals surface area contributed by atoms with Crippen LogP contribution in [0.4, 0.5) is 11.4 Å². The second-order valence-corrected chi connectivity index (χ2v) is 11.7. The molecule has 1 aliphatic carbocycles. The average molecular weight is 683 g/mol. The van der Waals surface area contributed by atoms with Gasteiger partial charge in [0.2, 0.25) is 0 Å². The zero-order chi connectivity index (χ0) is 19.3. The van der Waals surface area contributed by atoms with Gasteiger partial charge in [0.05, 0.1) is 0 Å². The van der Waals surface area contributed by atoms with E-state index in [-0.39, 0.29) is 15.0 Å². The van der Waals surface area contributed by atoms with Gasteiger partial charge in [-0.05, 0) is 0 Å². The van der Waals surface area contributed by atoms with Crippen LogP contribution in [0.3, 0.4) is 0 Å². The molecule has 0 saturated carbocycles. The van der Waals surface area contributed by atoms with E-state index >= 15 is 0 Å². The summed E-state index contributed by atoms with van der Waals surface area (Å²) in [5.41, 5.74) is 5.99. The number of anilines is 1. The van der Waals surface area contributed by atoms with Crippen LogP contribution in [-0.4, -0.2) is 33.8 Å². The summed E-state index contributed by atoms with van der Waals surface area (Å²) in [7, 11) is 0. The zero-order valence-electron chi connectivity index (χ0n) is 14.7. The molecule has 2 nitrogen and oxygen atoms in total. The fourth-order valence-electron chi connectivity index (χ4n) is 3.43. The standard InChI is InChI=1S/C20H16Br4N2Se/c1-3-26(4-2)10-5-7-12-14(9-10)27-13-8-6-11-15(20(13)25-12)17(22)19(24)18(23)16(11)21/h5,7-9H,3-4,6H2,1-2H3. The Morgan fingerprint density at radius 1 is 1.00 bits per heavy atom. The predicted octanol–water partition coefficient (Wildman–Crippen LogP) is 6.49. The topological polar surface area (TPSA) is 15.6 Å². The van der Waals surface area contributed by atoms with Gasteiger partial charge in [-0.1, -0.05) is 0 Å². The Morgan fingerprint density at radius 3 is 2.41 bits per heavy atom. The molecule has 1 aliphatic heterocycles. The summed E-state index contributed by atoms with van der Waals surface area (Å²) in [6.07, 6.45) is 3.27. The quantitative estimate of drug-likeness (QED) is 0.206. The third-order valence-electron chi connectivity index (χ3n) is 4.85. The van der Waals surface area contributed by atoms with Crippen molar-refractivity contribution in [1.29, 1.82) is 0 Å². The summed E-state index contributed by atoms with van der Waals surface area (Å²) in [4.78, 5) is 7.48. The summed E-state index contributed by atoms with van der Waals surface area (Å²) in [6, 6.07) is 6.72. The molecule has 0 bridgehead atoms. The molecule has 4 rings (SSSR count). The van der Waals surface area contributed by atoms with E-state index < -0.39 is 0 Å². The maximum atomic E-state index is 5.09. The van der Waals surface area contributed by atoms with Crippen molar-refractivity contribution in [3.63, 3.8) is 0 Å². The summed E-state index contributed by atoms with van der Waals surface area (Å²) >= 11 is 15.2. The molecule has 2 aromatic carbocycles. The van der Waals surface area contributed by atoms with E-state index in [0.29, 0.717) is 0 Å². The number of fused-ring (bicyclic) bond motifs is 4. The Labute approximate surface area is 199 Å². The maximum absolute atomic E-state index is 5.09. The van der Waals surface area contributed by atoms with Crippen LogP contribution in [0.15, 0.2) is 51.6 Å². The van der Waals surface area contributed by atoms with Crippen molar-refractivity contribution in [2.75, 3.05) is 18.0 Å². The summed E-state index contributed by atoms with van der Waals surface area (Å²) in [5.74, 6) is 0. The van der Waals surface area contributed by atoms with E-state index in [1.54, 1.807) is 0 Å². The number of hydrogen-bond donors (Lipinski definition) is 0. The second kappa shape index (κ2) is 8.08. The molecule has 140 valence electrons. The average Bonchev–Trinajstić information content (AvgIpc) is 2.69. The minimum atomic E-state index is 0.263. The first-order valence-electron chi connectivity index (χ1n) is 8.67. The van der Waals surface area contributed by atoms with Gasteiger partial charge >= 0.3 is 201 Å². The van der Waals surface area contributed by atoms with Crippen molar-refractivity contribution in [2.45, 2.75) is 20.3 Å². The minimum absolute atomic E-state index is 0.263. The van der Waals surface area contributed by atoms with Crippen LogP contribution >= 0.6 is 63.7 Å². The molecule has 2 aliphatic rings. The predicted molar refractivity (Wildman–Crippen MR) is 131 cm³/mol. The molecular weight excluding hydrogens is 667 g/mol. The molecule has 1 heterocycles. The van der Waals surface area contributed by atoms with Gasteiger partial charge in [0.25, 0.3) is 0 Å². The van der Waals surface area contributed by atoms with E-state index in [9.17, 15) is 0 Å². The van der Waals surface area contributed by atoms with Crippen LogP contribution < -0.4 is 9.36 Å². The Kier molecular flexibility index (Phi) is 6.09. The Morgan fingerprint density at radius 2 is 1.70 bits per heavy atom. The molecule has 27 heavy (non-hydrogen) atoms. The summed E-state index contributed by atoms with van der Waals surface area (Å²) in [6.45, 7) is 6.46. The first-order chi connectivity index (χ1) is 13.0. The van der Waals surface area contributed by atoms with Gasteiger partial charge in [-0.15, -0.1) is 0 Å². The number of rotatable bonds is 3. The third-order valence-corrected chi connectivity index (χ3v) is 12.1. The molecule has 0 atom stereocenters. The molecular formula is C20H16Br4N2Se. The molecule has 0 radical (unpaired) electrons. The van der Waals surface area contributed by atoms with Gasteiger partial charge in [-0.25, -0.2) is 0 Å². The molecule has 7 heteroatoms. The number of hydrogen-bond acceptors (Lipinski definition) is 2. The van der Waals surface area contributed by atoms with Crippen LogP contribution in [0, 0.1) is 0 Å². The first kappa shape index (κ1) is 20.4. The van der Waals surface area contributed by atoms with Crippen LogP contribution in [-0.2, 0) is 6.42 Å².